The average molecular weight is 299 g/mol. The Hall–Kier alpha value is -2.53. The van der Waals surface area contributed by atoms with E-state index in [1.54, 1.807) is 12.1 Å². The molecular formula is C16H13NO3S. The quantitative estimate of drug-likeness (QED) is 0.724. The van der Waals surface area contributed by atoms with Crippen molar-refractivity contribution in [3.8, 4) is 5.75 Å². The van der Waals surface area contributed by atoms with Crippen LogP contribution in [0.1, 0.15) is 0 Å². The maximum Gasteiger partial charge on any atom is 0.299 e. The predicted octanol–water partition coefficient (Wildman–Crippen LogP) is 3.49. The largest absolute Gasteiger partial charge is 0.384 e. The number of hydrogen-bond acceptors (Lipinski definition) is 4. The van der Waals surface area contributed by atoms with Crippen molar-refractivity contribution in [1.29, 1.82) is 0 Å². The molecule has 0 saturated carbocycles. The molecule has 0 fully saturated rings. The topological polar surface area (TPSA) is 55.4 Å². The fourth-order valence-corrected chi connectivity index (χ4v) is 2.50. The van der Waals surface area contributed by atoms with E-state index in [1.165, 1.54) is 0 Å². The van der Waals surface area contributed by atoms with Gasteiger partial charge in [0.05, 0.1) is 0 Å². The molecule has 0 spiro atoms. The summed E-state index contributed by atoms with van der Waals surface area (Å²) in [7, 11) is -2.91. The van der Waals surface area contributed by atoms with E-state index in [4.69, 9.17) is 4.18 Å². The minimum atomic E-state index is -2.91. The van der Waals surface area contributed by atoms with E-state index in [1.807, 2.05) is 54.6 Å². The molecule has 0 aromatic heterocycles. The van der Waals surface area contributed by atoms with E-state index < -0.39 is 11.0 Å². The van der Waals surface area contributed by atoms with E-state index >= 15 is 0 Å². The predicted molar refractivity (Wildman–Crippen MR) is 84.6 cm³/mol. The first-order valence-electron chi connectivity index (χ1n) is 6.39. The highest BCUT2D eigenvalue weighted by atomic mass is 32.2. The van der Waals surface area contributed by atoms with E-state index in [2.05, 4.69) is 5.32 Å². The van der Waals surface area contributed by atoms with Crippen LogP contribution >= 0.6 is 0 Å². The lowest BCUT2D eigenvalue weighted by Gasteiger charge is -2.09. The lowest BCUT2D eigenvalue weighted by Crippen LogP contribution is -1.92. The van der Waals surface area contributed by atoms with Gasteiger partial charge in [-0.15, -0.1) is 0 Å². The Labute approximate surface area is 124 Å². The molecule has 1 N–H and O–H groups in total. The third-order valence-corrected chi connectivity index (χ3v) is 3.42. The van der Waals surface area contributed by atoms with Crippen LogP contribution in [-0.2, 0) is 11.0 Å². The van der Waals surface area contributed by atoms with E-state index in [9.17, 15) is 8.42 Å². The van der Waals surface area contributed by atoms with Crippen LogP contribution in [0.2, 0.25) is 0 Å². The molecule has 0 saturated heterocycles. The van der Waals surface area contributed by atoms with Crippen molar-refractivity contribution in [3.63, 3.8) is 0 Å². The van der Waals surface area contributed by atoms with Crippen molar-refractivity contribution in [1.82, 2.24) is 0 Å². The highest BCUT2D eigenvalue weighted by Gasteiger charge is 2.04. The molecule has 106 valence electrons. The SMILES string of the molecule is O=[SH](=O)Oc1cccc2cc(Nc3ccccc3)ccc12. The van der Waals surface area contributed by atoms with Crippen LogP contribution in [0.15, 0.2) is 66.7 Å². The Morgan fingerprint density at radius 2 is 1.62 bits per heavy atom. The van der Waals surface area contributed by atoms with Gasteiger partial charge in [0.15, 0.2) is 0 Å². The van der Waals surface area contributed by atoms with Crippen LogP contribution < -0.4 is 9.50 Å². The number of thiol groups is 1. The second-order valence-electron chi connectivity index (χ2n) is 4.50. The van der Waals surface area contributed by atoms with Crippen molar-refractivity contribution in [2.24, 2.45) is 0 Å². The van der Waals surface area contributed by atoms with Gasteiger partial charge in [-0.2, -0.15) is 8.42 Å². The van der Waals surface area contributed by atoms with Gasteiger partial charge < -0.3 is 9.50 Å². The summed E-state index contributed by atoms with van der Waals surface area (Å²) in [6.45, 7) is 0. The zero-order valence-corrected chi connectivity index (χ0v) is 11.9. The van der Waals surface area contributed by atoms with Gasteiger partial charge in [0.25, 0.3) is 11.0 Å². The molecule has 0 aliphatic rings. The summed E-state index contributed by atoms with van der Waals surface area (Å²) in [5.74, 6) is 0.342. The third-order valence-electron chi connectivity index (χ3n) is 3.08. The Balaban J connectivity index is 1.97. The summed E-state index contributed by atoms with van der Waals surface area (Å²) in [6, 6.07) is 20.8. The zero-order chi connectivity index (χ0) is 14.7. The maximum absolute atomic E-state index is 10.7. The van der Waals surface area contributed by atoms with Crippen LogP contribution in [0.25, 0.3) is 10.8 Å². The van der Waals surface area contributed by atoms with E-state index in [0.29, 0.717) is 5.75 Å². The Morgan fingerprint density at radius 3 is 2.38 bits per heavy atom. The lowest BCUT2D eigenvalue weighted by atomic mass is 10.1. The molecule has 0 heterocycles. The molecule has 4 nitrogen and oxygen atoms in total. The fraction of sp³-hybridized carbons (Fsp3) is 0. The molecule has 3 rings (SSSR count). The number of nitrogens with one attached hydrogen (secondary N) is 1. The summed E-state index contributed by atoms with van der Waals surface area (Å²) < 4.78 is 26.3. The summed E-state index contributed by atoms with van der Waals surface area (Å²) in [5.41, 5.74) is 1.92. The first kappa shape index (κ1) is 13.5. The first-order chi connectivity index (χ1) is 10.2. The summed E-state index contributed by atoms with van der Waals surface area (Å²) >= 11 is 0. The molecular weight excluding hydrogens is 286 g/mol. The molecule has 0 aliphatic heterocycles. The maximum atomic E-state index is 10.7. The number of anilines is 2. The van der Waals surface area contributed by atoms with Crippen molar-refractivity contribution >= 4 is 33.1 Å². The van der Waals surface area contributed by atoms with Crippen molar-refractivity contribution in [3.05, 3.63) is 66.7 Å². The molecule has 3 aromatic carbocycles. The molecule has 0 unspecified atom stereocenters. The van der Waals surface area contributed by atoms with Gasteiger partial charge in [-0.25, -0.2) is 0 Å². The van der Waals surface area contributed by atoms with Crippen LogP contribution in [0.5, 0.6) is 5.75 Å². The van der Waals surface area contributed by atoms with E-state index in [0.717, 1.165) is 22.1 Å². The number of hydrogen-bond donors (Lipinski definition) is 2. The fourth-order valence-electron chi connectivity index (χ4n) is 2.18. The van der Waals surface area contributed by atoms with Gasteiger partial charge in [-0.3, -0.25) is 0 Å². The van der Waals surface area contributed by atoms with Gasteiger partial charge in [-0.1, -0.05) is 30.3 Å². The first-order valence-corrected chi connectivity index (χ1v) is 7.49. The van der Waals surface area contributed by atoms with Crippen molar-refractivity contribution in [2.75, 3.05) is 5.32 Å². The Bertz CT molecular complexity index is 837. The lowest BCUT2D eigenvalue weighted by molar-refractivity contribution is 0.513. The summed E-state index contributed by atoms with van der Waals surface area (Å²) in [4.78, 5) is 0. The number of para-hydroxylation sites is 1. The van der Waals surface area contributed by atoms with Crippen LogP contribution in [0.3, 0.4) is 0 Å². The second kappa shape index (κ2) is 5.85. The van der Waals surface area contributed by atoms with Crippen LogP contribution in [0.4, 0.5) is 11.4 Å². The highest BCUT2D eigenvalue weighted by molar-refractivity contribution is 7.67. The van der Waals surface area contributed by atoms with Gasteiger partial charge in [-0.05, 0) is 41.8 Å². The average Bonchev–Trinajstić information content (AvgIpc) is 2.48. The van der Waals surface area contributed by atoms with Crippen LogP contribution in [0, 0.1) is 0 Å². The minimum absolute atomic E-state index is 0.342. The minimum Gasteiger partial charge on any atom is -0.384 e. The zero-order valence-electron chi connectivity index (χ0n) is 11.0. The van der Waals surface area contributed by atoms with Crippen molar-refractivity contribution < 1.29 is 12.6 Å². The number of fused-ring (bicyclic) bond motifs is 1. The third kappa shape index (κ3) is 3.14. The number of rotatable bonds is 4. The molecule has 0 radical (unpaired) electrons. The second-order valence-corrected chi connectivity index (χ2v) is 5.13. The molecule has 3 aromatic rings. The summed E-state index contributed by atoms with van der Waals surface area (Å²) in [6.07, 6.45) is 0. The van der Waals surface area contributed by atoms with E-state index in [-0.39, 0.29) is 0 Å². The number of benzene rings is 3. The normalized spacial score (nSPS) is 10.7. The van der Waals surface area contributed by atoms with Gasteiger partial charge in [0.2, 0.25) is 0 Å². The van der Waals surface area contributed by atoms with Crippen LogP contribution in [-0.4, -0.2) is 8.42 Å². The van der Waals surface area contributed by atoms with Gasteiger partial charge >= 0.3 is 0 Å². The molecule has 5 heteroatoms. The van der Waals surface area contributed by atoms with Gasteiger partial charge in [0, 0.05) is 16.8 Å². The smallest absolute Gasteiger partial charge is 0.299 e. The van der Waals surface area contributed by atoms with Crippen molar-refractivity contribution in [2.45, 2.75) is 0 Å². The highest BCUT2D eigenvalue weighted by Crippen LogP contribution is 2.29. The Kier molecular flexibility index (Phi) is 3.75. The monoisotopic (exact) mass is 299 g/mol. The Morgan fingerprint density at radius 1 is 0.810 bits per heavy atom. The summed E-state index contributed by atoms with van der Waals surface area (Å²) in [5, 5.41) is 4.96. The molecule has 0 aliphatic carbocycles. The standard InChI is InChI=1S/C16H13NO3S/c18-21(19)20-16-8-4-5-12-11-14(9-10-15(12)16)17-13-6-2-1-3-7-13/h1-11,17,21H. The molecule has 0 atom stereocenters. The van der Waals surface area contributed by atoms with Gasteiger partial charge in [0.1, 0.15) is 5.75 Å². The molecule has 0 bridgehead atoms. The molecule has 21 heavy (non-hydrogen) atoms. The molecule has 0 amide bonds.